The zero-order valence-corrected chi connectivity index (χ0v) is 6.27. The molecule has 0 aromatic heterocycles. The summed E-state index contributed by atoms with van der Waals surface area (Å²) < 4.78 is 0. The van der Waals surface area contributed by atoms with E-state index < -0.39 is 5.97 Å². The van der Waals surface area contributed by atoms with Gasteiger partial charge in [0, 0.05) is 36.4 Å². The van der Waals surface area contributed by atoms with Gasteiger partial charge in [0.15, 0.2) is 0 Å². The smallest absolute Gasteiger partial charge is 0.300 e. The largest absolute Gasteiger partial charge is 0.481 e. The van der Waals surface area contributed by atoms with Crippen LogP contribution in [0.15, 0.2) is 0 Å². The molecular formula is C4H12BO2W. The Morgan fingerprint density at radius 2 is 1.38 bits per heavy atom. The van der Waals surface area contributed by atoms with Gasteiger partial charge in [-0.05, 0) is 0 Å². The van der Waals surface area contributed by atoms with E-state index in [0.29, 0.717) is 0 Å². The maximum Gasteiger partial charge on any atom is 0.300 e. The molecule has 0 atom stereocenters. The number of hydrogen-bond acceptors (Lipinski definition) is 1. The zero-order valence-electron chi connectivity index (χ0n) is 3.34. The van der Waals surface area contributed by atoms with Crippen molar-refractivity contribution >= 4 is 14.4 Å². The predicted molar refractivity (Wildman–Crippen MR) is 32.5 cm³/mol. The Morgan fingerprint density at radius 1 is 1.38 bits per heavy atom. The van der Waals surface area contributed by atoms with E-state index >= 15 is 0 Å². The van der Waals surface area contributed by atoms with Crippen LogP contribution in [0.25, 0.3) is 0 Å². The molecule has 2 nitrogen and oxygen atoms in total. The van der Waals surface area contributed by atoms with Crippen molar-refractivity contribution in [2.45, 2.75) is 21.8 Å². The quantitative estimate of drug-likeness (QED) is 0.674. The van der Waals surface area contributed by atoms with Gasteiger partial charge in [-0.2, -0.15) is 0 Å². The number of carboxylic acids is 1. The maximum absolute atomic E-state index is 9.00. The third-order valence-corrected chi connectivity index (χ3v) is 0. The van der Waals surface area contributed by atoms with Crippen LogP contribution >= 0.6 is 0 Å². The summed E-state index contributed by atoms with van der Waals surface area (Å²) in [5.41, 5.74) is 0. The molecule has 1 N–H and O–H groups in total. The van der Waals surface area contributed by atoms with Gasteiger partial charge in [-0.1, -0.05) is 14.9 Å². The normalized spacial score (nSPS) is 3.12. The molecule has 0 fully saturated rings. The summed E-state index contributed by atoms with van der Waals surface area (Å²) in [4.78, 5) is 9.00. The molecule has 49 valence electrons. The number of rotatable bonds is 0. The monoisotopic (exact) mass is 287 g/mol. The molecule has 0 rings (SSSR count). The number of carboxylic acid groups (broad SMARTS) is 1. The van der Waals surface area contributed by atoms with Gasteiger partial charge in [-0.3, -0.25) is 4.79 Å². The van der Waals surface area contributed by atoms with Crippen LogP contribution in [0.4, 0.5) is 0 Å². The Hall–Kier alpha value is 0.223. The second-order valence-electron chi connectivity index (χ2n) is 0.519. The SMILES string of the molecule is C.C.CC(=O)O.[B].[W]. The van der Waals surface area contributed by atoms with Gasteiger partial charge >= 0.3 is 0 Å². The van der Waals surface area contributed by atoms with Crippen LogP contribution in [0.1, 0.15) is 21.8 Å². The van der Waals surface area contributed by atoms with Gasteiger partial charge in [0.25, 0.3) is 5.97 Å². The molecule has 0 aliphatic carbocycles. The van der Waals surface area contributed by atoms with E-state index in [-0.39, 0.29) is 44.3 Å². The summed E-state index contributed by atoms with van der Waals surface area (Å²) in [5, 5.41) is 7.42. The zero-order chi connectivity index (χ0) is 3.58. The second-order valence-corrected chi connectivity index (χ2v) is 0.519. The first kappa shape index (κ1) is 41.3. The topological polar surface area (TPSA) is 37.3 Å². The summed E-state index contributed by atoms with van der Waals surface area (Å²) >= 11 is 0. The Kier molecular flexibility index (Phi) is 139. The van der Waals surface area contributed by atoms with Crippen molar-refractivity contribution in [1.82, 2.24) is 0 Å². The Labute approximate surface area is 67.5 Å². The number of aliphatic carboxylic acids is 1. The molecule has 0 aliphatic rings. The number of hydrogen-bond donors (Lipinski definition) is 1. The fraction of sp³-hybridized carbons (Fsp3) is 0.750. The van der Waals surface area contributed by atoms with Gasteiger partial charge in [0.1, 0.15) is 0 Å². The van der Waals surface area contributed by atoms with Crippen LogP contribution in [0.2, 0.25) is 0 Å². The van der Waals surface area contributed by atoms with Crippen molar-refractivity contribution in [1.29, 1.82) is 0 Å². The molecule has 0 saturated heterocycles. The molecule has 0 spiro atoms. The van der Waals surface area contributed by atoms with Crippen LogP contribution in [0.5, 0.6) is 0 Å². The molecular weight excluding hydrogens is 275 g/mol. The third kappa shape index (κ3) is 3410. The third-order valence-electron chi connectivity index (χ3n) is 0. The van der Waals surface area contributed by atoms with Crippen molar-refractivity contribution in [3.05, 3.63) is 0 Å². The fourth-order valence-electron chi connectivity index (χ4n) is 0. The first-order valence-corrected chi connectivity index (χ1v) is 0.928. The van der Waals surface area contributed by atoms with Crippen molar-refractivity contribution in [3.8, 4) is 0 Å². The number of carbonyl (C=O) groups is 1. The minimum absolute atomic E-state index is 0. The van der Waals surface area contributed by atoms with Gasteiger partial charge in [-0.25, -0.2) is 0 Å². The molecule has 0 aliphatic heterocycles. The van der Waals surface area contributed by atoms with Crippen LogP contribution in [0.3, 0.4) is 0 Å². The first-order chi connectivity index (χ1) is 1.73. The van der Waals surface area contributed by atoms with Gasteiger partial charge < -0.3 is 5.11 Å². The average molecular weight is 287 g/mol. The van der Waals surface area contributed by atoms with E-state index in [9.17, 15) is 0 Å². The summed E-state index contributed by atoms with van der Waals surface area (Å²) in [6.07, 6.45) is 0. The second kappa shape index (κ2) is 26.9. The molecule has 3 radical (unpaired) electrons. The van der Waals surface area contributed by atoms with Gasteiger partial charge in [-0.15, -0.1) is 0 Å². The van der Waals surface area contributed by atoms with Crippen molar-refractivity contribution in [2.75, 3.05) is 0 Å². The average Bonchev–Trinajstić information content (AvgIpc) is 0.811. The fourth-order valence-corrected chi connectivity index (χ4v) is 0. The summed E-state index contributed by atoms with van der Waals surface area (Å²) in [7, 11) is 0. The summed E-state index contributed by atoms with van der Waals surface area (Å²) in [5.74, 6) is -0.833. The molecule has 0 bridgehead atoms. The van der Waals surface area contributed by atoms with E-state index in [0.717, 1.165) is 6.92 Å². The molecule has 8 heavy (non-hydrogen) atoms. The van der Waals surface area contributed by atoms with Crippen molar-refractivity contribution in [3.63, 3.8) is 0 Å². The van der Waals surface area contributed by atoms with Crippen LogP contribution in [0, 0.1) is 0 Å². The van der Waals surface area contributed by atoms with E-state index in [4.69, 9.17) is 9.90 Å². The Morgan fingerprint density at radius 3 is 1.38 bits per heavy atom. The van der Waals surface area contributed by atoms with E-state index in [1.54, 1.807) is 0 Å². The maximum atomic E-state index is 9.00. The van der Waals surface area contributed by atoms with Gasteiger partial charge in [0.05, 0.1) is 0 Å². The minimum atomic E-state index is -0.833. The molecule has 0 unspecified atom stereocenters. The van der Waals surface area contributed by atoms with Crippen molar-refractivity contribution < 1.29 is 31.0 Å². The minimum Gasteiger partial charge on any atom is -0.481 e. The van der Waals surface area contributed by atoms with E-state index in [1.807, 2.05) is 0 Å². The van der Waals surface area contributed by atoms with Crippen LogP contribution < -0.4 is 0 Å². The first-order valence-electron chi connectivity index (χ1n) is 0.928. The summed E-state index contributed by atoms with van der Waals surface area (Å²) in [6.45, 7) is 1.08. The molecule has 0 aromatic rings. The summed E-state index contributed by atoms with van der Waals surface area (Å²) in [6, 6.07) is 0. The Bertz CT molecular complexity index is 37.0. The van der Waals surface area contributed by atoms with Crippen molar-refractivity contribution in [2.24, 2.45) is 0 Å². The molecule has 0 aromatic carbocycles. The van der Waals surface area contributed by atoms with E-state index in [1.165, 1.54) is 0 Å². The molecule has 0 heterocycles. The Balaban J connectivity index is -0.00000000750. The van der Waals surface area contributed by atoms with Crippen LogP contribution in [-0.4, -0.2) is 19.5 Å². The molecule has 0 saturated carbocycles. The van der Waals surface area contributed by atoms with E-state index in [2.05, 4.69) is 0 Å². The molecule has 0 amide bonds. The predicted octanol–water partition coefficient (Wildman–Crippen LogP) is 0.980. The van der Waals surface area contributed by atoms with Crippen LogP contribution in [-0.2, 0) is 25.9 Å². The standard InChI is InChI=1S/C2H4O2.2CH4.B.W/c1-2(3)4;;;;/h1H3,(H,3,4);2*1H4;;. The molecule has 4 heteroatoms. The van der Waals surface area contributed by atoms with Gasteiger partial charge in [0.2, 0.25) is 0 Å².